The first-order valence-electron chi connectivity index (χ1n) is 18.9. The van der Waals surface area contributed by atoms with Crippen LogP contribution in [-0.2, 0) is 26.2 Å². The molecule has 0 N–H and O–H groups in total. The van der Waals surface area contributed by atoms with Crippen molar-refractivity contribution in [1.82, 2.24) is 0 Å². The van der Waals surface area contributed by atoms with E-state index >= 15 is 0 Å². The van der Waals surface area contributed by atoms with Crippen molar-refractivity contribution in [2.24, 2.45) is 0 Å². The van der Waals surface area contributed by atoms with Gasteiger partial charge in [-0.05, 0) is 58.8 Å². The zero-order valence-electron chi connectivity index (χ0n) is 32.5. The molecule has 0 nitrogen and oxygen atoms in total. The predicted molar refractivity (Wildman–Crippen MR) is 222 cm³/mol. The van der Waals surface area contributed by atoms with Crippen LogP contribution in [0.2, 0.25) is 13.1 Å². The van der Waals surface area contributed by atoms with Crippen LogP contribution in [0, 0.1) is 0 Å². The predicted octanol–water partition coefficient (Wildman–Crippen LogP) is 15.3. The van der Waals surface area contributed by atoms with Gasteiger partial charge in [0.05, 0.1) is 0 Å². The summed E-state index contributed by atoms with van der Waals surface area (Å²) in [4.78, 5) is 0. The van der Waals surface area contributed by atoms with Gasteiger partial charge in [0.15, 0.2) is 0 Å². The van der Waals surface area contributed by atoms with Crippen molar-refractivity contribution in [3.05, 3.63) is 131 Å². The van der Waals surface area contributed by atoms with Gasteiger partial charge in [0.1, 0.15) is 0 Å². The van der Waals surface area contributed by atoms with Gasteiger partial charge in [-0.15, -0.1) is 69.1 Å². The summed E-state index contributed by atoms with van der Waals surface area (Å²) in [7, 11) is 1.08. The van der Waals surface area contributed by atoms with Crippen LogP contribution in [0.25, 0.3) is 43.8 Å². The van der Waals surface area contributed by atoms with E-state index in [4.69, 9.17) is 0 Å². The first-order chi connectivity index (χ1) is 23.7. The molecule has 2 heteroatoms. The van der Waals surface area contributed by atoms with Gasteiger partial charge in [0.25, 0.3) is 0 Å². The van der Waals surface area contributed by atoms with Crippen molar-refractivity contribution in [3.8, 4) is 22.3 Å². The third-order valence-electron chi connectivity index (χ3n) is 10.7. The zero-order valence-corrected chi connectivity index (χ0v) is 36.0. The molecule has 6 rings (SSSR count). The Morgan fingerprint density at radius 1 is 0.460 bits per heavy atom. The maximum absolute atomic E-state index is 2.41. The summed E-state index contributed by atoms with van der Waals surface area (Å²) in [5, 5.41) is 5.55. The molecule has 0 aliphatic carbocycles. The Morgan fingerprint density at radius 3 is 1.12 bits per heavy atom. The molecule has 50 heavy (non-hydrogen) atoms. The van der Waals surface area contributed by atoms with Gasteiger partial charge in [0.2, 0.25) is 0 Å². The molecule has 0 aliphatic heterocycles. The van der Waals surface area contributed by atoms with Crippen LogP contribution in [0.4, 0.5) is 0 Å². The molecule has 4 unspecified atom stereocenters. The molecule has 4 atom stereocenters. The molecule has 0 bridgehead atoms. The smallest absolute Gasteiger partial charge is 0.164 e. The largest absolute Gasteiger partial charge is 2.00 e. The fraction of sp³-hybridized carbons (Fsp3) is 0.375. The second-order valence-corrected chi connectivity index (χ2v) is 15.1. The average Bonchev–Trinajstić information content (AvgIpc) is 3.79. The van der Waals surface area contributed by atoms with E-state index in [1.807, 2.05) is 0 Å². The van der Waals surface area contributed by atoms with Gasteiger partial charge in [-0.25, -0.2) is 0 Å². The van der Waals surface area contributed by atoms with Gasteiger partial charge in [-0.1, -0.05) is 153 Å². The van der Waals surface area contributed by atoms with Crippen LogP contribution in [0.5, 0.6) is 0 Å². The Hall–Kier alpha value is -2.80. The van der Waals surface area contributed by atoms with E-state index in [-0.39, 0.29) is 26.2 Å². The van der Waals surface area contributed by atoms with E-state index in [1.54, 1.807) is 0 Å². The molecule has 6 aromatic rings. The quantitative estimate of drug-likeness (QED) is 0.0965. The van der Waals surface area contributed by atoms with E-state index in [0.717, 1.165) is 9.52 Å². The van der Waals surface area contributed by atoms with Crippen LogP contribution in [-0.4, -0.2) is 9.52 Å². The van der Waals surface area contributed by atoms with Crippen molar-refractivity contribution < 1.29 is 26.2 Å². The summed E-state index contributed by atoms with van der Waals surface area (Å²) in [6.45, 7) is 22.7. The summed E-state index contributed by atoms with van der Waals surface area (Å²) in [6, 6.07) is 40.8. The van der Waals surface area contributed by atoms with E-state index in [9.17, 15) is 0 Å². The van der Waals surface area contributed by atoms with Gasteiger partial charge >= 0.3 is 26.2 Å². The molecular formula is C48H60SiZr. The third kappa shape index (κ3) is 9.74. The minimum absolute atomic E-state index is 0. The van der Waals surface area contributed by atoms with Crippen LogP contribution in [0.3, 0.4) is 0 Å². The molecule has 260 valence electrons. The molecule has 0 amide bonds. The van der Waals surface area contributed by atoms with E-state index in [2.05, 4.69) is 178 Å². The number of hydrogen-bond donors (Lipinski definition) is 0. The molecule has 0 spiro atoms. The molecule has 0 saturated carbocycles. The number of benzene rings is 4. The fourth-order valence-corrected chi connectivity index (χ4v) is 6.81. The molecule has 0 aromatic heterocycles. The van der Waals surface area contributed by atoms with Crippen LogP contribution < -0.4 is 0 Å². The SMILES string of the molecule is CCC(C)c1cc2c(-c3ccccc3C(C)CC)cccc2[cH-]1.CCC(C)c1cc2c(-c3ccccc3C(C)CC)cccc2[cH-]1.C[Si]C.[Zr+2]. The summed E-state index contributed by atoms with van der Waals surface area (Å²) in [5.74, 6) is 2.43. The van der Waals surface area contributed by atoms with Crippen LogP contribution >= 0.6 is 0 Å². The minimum atomic E-state index is 0. The first-order valence-corrected chi connectivity index (χ1v) is 20.9. The minimum Gasteiger partial charge on any atom is -0.164 e. The average molecular weight is 756 g/mol. The van der Waals surface area contributed by atoms with Crippen molar-refractivity contribution in [2.45, 2.75) is 118 Å². The third-order valence-corrected chi connectivity index (χ3v) is 10.7. The Labute approximate surface area is 326 Å². The summed E-state index contributed by atoms with van der Waals surface area (Å²) in [5.41, 5.74) is 11.4. The van der Waals surface area contributed by atoms with Gasteiger partial charge < -0.3 is 0 Å². The molecule has 0 heterocycles. The topological polar surface area (TPSA) is 0 Å². The fourth-order valence-electron chi connectivity index (χ4n) is 6.81. The molecule has 0 fully saturated rings. The Kier molecular flexibility index (Phi) is 16.9. The van der Waals surface area contributed by atoms with Gasteiger partial charge in [-0.3, -0.25) is 0 Å². The van der Waals surface area contributed by atoms with Crippen LogP contribution in [0.1, 0.15) is 127 Å². The molecular weight excluding hydrogens is 696 g/mol. The van der Waals surface area contributed by atoms with Crippen molar-refractivity contribution in [3.63, 3.8) is 0 Å². The van der Waals surface area contributed by atoms with Gasteiger partial charge in [-0.2, -0.15) is 12.1 Å². The molecule has 2 radical (unpaired) electrons. The van der Waals surface area contributed by atoms with Crippen molar-refractivity contribution in [2.75, 3.05) is 0 Å². The zero-order chi connectivity index (χ0) is 35.5. The standard InChI is InChI=1S/2C23H27.C2H6Si.Zr/c2*1-5-16(3)19-14-18-10-9-13-22(23(18)15-19)21-12-8-7-11-20(21)17(4)6-2;1-3-2;/h2*7-17H,5-6H2,1-4H3;1-2H3;/q2*-1;;+2. The van der Waals surface area contributed by atoms with Crippen molar-refractivity contribution in [1.29, 1.82) is 0 Å². The van der Waals surface area contributed by atoms with Gasteiger partial charge in [0, 0.05) is 9.52 Å². The first kappa shape index (κ1) is 41.6. The van der Waals surface area contributed by atoms with E-state index < -0.39 is 0 Å². The second kappa shape index (κ2) is 20.3. The summed E-state index contributed by atoms with van der Waals surface area (Å²) in [6.07, 6.45) is 4.72. The normalized spacial score (nSPS) is 13.3. The van der Waals surface area contributed by atoms with E-state index in [0.29, 0.717) is 23.7 Å². The number of hydrogen-bond acceptors (Lipinski definition) is 0. The molecule has 0 aliphatic rings. The number of fused-ring (bicyclic) bond motifs is 2. The molecule has 6 aromatic carbocycles. The Balaban J connectivity index is 0.000000246. The Bertz CT molecular complexity index is 1750. The van der Waals surface area contributed by atoms with Crippen molar-refractivity contribution >= 4 is 31.1 Å². The number of rotatable bonds is 10. The summed E-state index contributed by atoms with van der Waals surface area (Å²) < 4.78 is 0. The Morgan fingerprint density at radius 2 is 0.780 bits per heavy atom. The van der Waals surface area contributed by atoms with Crippen LogP contribution in [0.15, 0.2) is 109 Å². The molecule has 0 saturated heterocycles. The monoisotopic (exact) mass is 754 g/mol. The second-order valence-electron chi connectivity index (χ2n) is 14.1. The summed E-state index contributed by atoms with van der Waals surface area (Å²) >= 11 is 0. The maximum Gasteiger partial charge on any atom is 2.00 e. The maximum atomic E-state index is 2.41. The van der Waals surface area contributed by atoms with E-state index in [1.165, 1.54) is 91.7 Å².